The normalized spacial score (nSPS) is 13.6. The summed E-state index contributed by atoms with van der Waals surface area (Å²) < 4.78 is 11.8. The number of carbonyl (C=O) groups is 3. The van der Waals surface area contributed by atoms with Gasteiger partial charge in [0.05, 0.1) is 24.9 Å². The SMILES string of the molecule is COC(=O)N[C@H](C(=O)N[C@@H](Cc1ccccc1)[C@@H](O)CN(Cc1ccc(-n2cncn2)cc1)NC(=O)OC(C)(C)C)C(C)C. The summed E-state index contributed by atoms with van der Waals surface area (Å²) in [5, 5.41) is 22.7. The third kappa shape index (κ3) is 11.0. The predicted molar refractivity (Wildman–Crippen MR) is 163 cm³/mol. The Morgan fingerprint density at radius 2 is 1.66 bits per heavy atom. The third-order valence-electron chi connectivity index (χ3n) is 6.55. The minimum atomic E-state index is -1.14. The molecule has 1 aromatic heterocycles. The van der Waals surface area contributed by atoms with E-state index >= 15 is 0 Å². The summed E-state index contributed by atoms with van der Waals surface area (Å²) in [5.41, 5.74) is 4.53. The number of amides is 3. The van der Waals surface area contributed by atoms with Gasteiger partial charge in [-0.2, -0.15) is 5.10 Å². The van der Waals surface area contributed by atoms with Crippen molar-refractivity contribution in [3.8, 4) is 5.69 Å². The molecule has 13 nitrogen and oxygen atoms in total. The Balaban J connectivity index is 1.84. The topological polar surface area (TPSA) is 160 Å². The van der Waals surface area contributed by atoms with E-state index in [1.807, 2.05) is 54.6 Å². The molecule has 4 N–H and O–H groups in total. The van der Waals surface area contributed by atoms with Crippen LogP contribution in [0.15, 0.2) is 67.3 Å². The number of aliphatic hydroxyl groups excluding tert-OH is 1. The molecule has 0 aliphatic rings. The van der Waals surface area contributed by atoms with E-state index in [4.69, 9.17) is 9.47 Å². The van der Waals surface area contributed by atoms with Crippen LogP contribution in [-0.4, -0.2) is 80.4 Å². The number of nitrogens with zero attached hydrogens (tertiary/aromatic N) is 4. The molecule has 3 rings (SSSR count). The maximum absolute atomic E-state index is 13.4. The fraction of sp³-hybridized carbons (Fsp3) is 0.452. The summed E-state index contributed by atoms with van der Waals surface area (Å²) in [5.74, 6) is -0.727. The standard InChI is InChI=1S/C31H43N7O6/c1-21(2)27(35-29(41)43-6)28(40)34-25(16-22-10-8-7-9-11-22)26(39)18-37(36-30(42)44-31(3,4)5)17-23-12-14-24(15-13-23)38-20-32-19-33-38/h7-15,19-21,25-27,39H,16-18H2,1-6H3,(H,34,40)(H,35,41)(H,36,42)/t25-,26-,27-/m0/s1. The lowest BCUT2D eigenvalue weighted by molar-refractivity contribution is -0.125. The van der Waals surface area contributed by atoms with Gasteiger partial charge in [-0.25, -0.2) is 24.3 Å². The van der Waals surface area contributed by atoms with Crippen molar-refractivity contribution in [2.75, 3.05) is 13.7 Å². The van der Waals surface area contributed by atoms with Gasteiger partial charge >= 0.3 is 12.2 Å². The number of carbonyl (C=O) groups excluding carboxylic acids is 3. The first-order valence-electron chi connectivity index (χ1n) is 14.4. The van der Waals surface area contributed by atoms with Crippen molar-refractivity contribution in [2.45, 2.75) is 71.4 Å². The first kappa shape index (κ1) is 34.0. The van der Waals surface area contributed by atoms with E-state index in [0.29, 0.717) is 6.42 Å². The van der Waals surface area contributed by atoms with E-state index in [1.165, 1.54) is 13.4 Å². The third-order valence-corrected chi connectivity index (χ3v) is 6.55. The Bertz CT molecular complexity index is 1330. The molecule has 0 radical (unpaired) electrons. The number of hydrogen-bond donors (Lipinski definition) is 4. The summed E-state index contributed by atoms with van der Waals surface area (Å²) in [4.78, 5) is 42.0. The lowest BCUT2D eigenvalue weighted by atomic mass is 9.98. The van der Waals surface area contributed by atoms with Gasteiger partial charge in [0.2, 0.25) is 5.91 Å². The number of nitrogens with one attached hydrogen (secondary N) is 3. The lowest BCUT2D eigenvalue weighted by Crippen LogP contribution is -2.57. The Labute approximate surface area is 257 Å². The van der Waals surface area contributed by atoms with Crippen molar-refractivity contribution in [3.05, 3.63) is 78.4 Å². The molecule has 13 heteroatoms. The molecular weight excluding hydrogens is 566 g/mol. The van der Waals surface area contributed by atoms with Crippen LogP contribution in [0.5, 0.6) is 0 Å². The minimum Gasteiger partial charge on any atom is -0.453 e. The highest BCUT2D eigenvalue weighted by Crippen LogP contribution is 2.14. The van der Waals surface area contributed by atoms with Crippen molar-refractivity contribution < 1.29 is 29.0 Å². The first-order valence-corrected chi connectivity index (χ1v) is 14.4. The number of benzene rings is 2. The van der Waals surface area contributed by atoms with Crippen LogP contribution >= 0.6 is 0 Å². The highest BCUT2D eigenvalue weighted by atomic mass is 16.6. The van der Waals surface area contributed by atoms with Crippen molar-refractivity contribution in [3.63, 3.8) is 0 Å². The van der Waals surface area contributed by atoms with Crippen molar-refractivity contribution >= 4 is 18.1 Å². The zero-order valence-corrected chi connectivity index (χ0v) is 26.1. The second-order valence-electron chi connectivity index (χ2n) is 11.7. The summed E-state index contributed by atoms with van der Waals surface area (Å²) in [6, 6.07) is 15.2. The molecule has 0 bridgehead atoms. The quantitative estimate of drug-likeness (QED) is 0.214. The van der Waals surface area contributed by atoms with E-state index in [2.05, 4.69) is 26.1 Å². The highest BCUT2D eigenvalue weighted by molar-refractivity contribution is 5.86. The van der Waals surface area contributed by atoms with Crippen LogP contribution in [0.3, 0.4) is 0 Å². The zero-order valence-electron chi connectivity index (χ0n) is 26.1. The smallest absolute Gasteiger partial charge is 0.422 e. The van der Waals surface area contributed by atoms with Crippen molar-refractivity contribution in [2.24, 2.45) is 5.92 Å². The van der Waals surface area contributed by atoms with Gasteiger partial charge in [0.15, 0.2) is 0 Å². The number of ether oxygens (including phenoxy) is 2. The van der Waals surface area contributed by atoms with Crippen LogP contribution < -0.4 is 16.1 Å². The summed E-state index contributed by atoms with van der Waals surface area (Å²) in [6.45, 7) is 9.03. The van der Waals surface area contributed by atoms with E-state index in [-0.39, 0.29) is 19.0 Å². The summed E-state index contributed by atoms with van der Waals surface area (Å²) >= 11 is 0. The molecule has 0 spiro atoms. The predicted octanol–water partition coefficient (Wildman–Crippen LogP) is 2.98. The molecule has 0 aliphatic carbocycles. The average Bonchev–Trinajstić information content (AvgIpc) is 3.50. The van der Waals surface area contributed by atoms with Gasteiger partial charge in [0.1, 0.15) is 24.3 Å². The highest BCUT2D eigenvalue weighted by Gasteiger charge is 2.31. The molecule has 2 aromatic carbocycles. The van der Waals surface area contributed by atoms with Gasteiger partial charge in [-0.15, -0.1) is 0 Å². The molecular formula is C31H43N7O6. The number of rotatable bonds is 13. The zero-order chi connectivity index (χ0) is 32.3. The molecule has 0 saturated carbocycles. The van der Waals surface area contributed by atoms with Gasteiger partial charge in [-0.05, 0) is 56.4 Å². The molecule has 3 atom stereocenters. The lowest BCUT2D eigenvalue weighted by Gasteiger charge is -2.32. The molecule has 1 heterocycles. The number of aliphatic hydroxyl groups is 1. The Hall–Kier alpha value is -4.49. The molecule has 0 unspecified atom stereocenters. The number of methoxy groups -OCH3 is 1. The number of hydrazine groups is 1. The number of hydrogen-bond acceptors (Lipinski definition) is 9. The van der Waals surface area contributed by atoms with Crippen LogP contribution in [0.1, 0.15) is 45.7 Å². The Morgan fingerprint density at radius 3 is 2.23 bits per heavy atom. The van der Waals surface area contributed by atoms with E-state index in [1.54, 1.807) is 50.6 Å². The van der Waals surface area contributed by atoms with Gasteiger partial charge in [0, 0.05) is 13.1 Å². The van der Waals surface area contributed by atoms with E-state index in [0.717, 1.165) is 16.8 Å². The largest absolute Gasteiger partial charge is 0.453 e. The molecule has 44 heavy (non-hydrogen) atoms. The van der Waals surface area contributed by atoms with Crippen LogP contribution in [0.4, 0.5) is 9.59 Å². The van der Waals surface area contributed by atoms with E-state index in [9.17, 15) is 19.5 Å². The van der Waals surface area contributed by atoms with Gasteiger partial charge in [0.25, 0.3) is 0 Å². The second-order valence-corrected chi connectivity index (χ2v) is 11.7. The van der Waals surface area contributed by atoms with Gasteiger partial charge < -0.3 is 25.2 Å². The van der Waals surface area contributed by atoms with Gasteiger partial charge in [-0.1, -0.05) is 56.3 Å². The first-order chi connectivity index (χ1) is 20.8. The van der Waals surface area contributed by atoms with Crippen LogP contribution in [0.25, 0.3) is 5.69 Å². The van der Waals surface area contributed by atoms with E-state index < -0.39 is 41.9 Å². The van der Waals surface area contributed by atoms with Crippen LogP contribution in [-0.2, 0) is 27.2 Å². The summed E-state index contributed by atoms with van der Waals surface area (Å²) in [6.07, 6.45) is 0.768. The van der Waals surface area contributed by atoms with Crippen molar-refractivity contribution in [1.82, 2.24) is 35.8 Å². The molecule has 0 aliphatic heterocycles. The second kappa shape index (κ2) is 15.8. The fourth-order valence-electron chi connectivity index (χ4n) is 4.39. The molecule has 0 fully saturated rings. The van der Waals surface area contributed by atoms with Crippen molar-refractivity contribution in [1.29, 1.82) is 0 Å². The number of alkyl carbamates (subject to hydrolysis) is 1. The summed E-state index contributed by atoms with van der Waals surface area (Å²) in [7, 11) is 1.22. The molecule has 3 aromatic rings. The molecule has 0 saturated heterocycles. The number of aromatic nitrogens is 3. The molecule has 238 valence electrons. The van der Waals surface area contributed by atoms with Crippen LogP contribution in [0.2, 0.25) is 0 Å². The minimum absolute atomic E-state index is 0.0569. The fourth-order valence-corrected chi connectivity index (χ4v) is 4.39. The Kier molecular flexibility index (Phi) is 12.2. The Morgan fingerprint density at radius 1 is 0.977 bits per heavy atom. The molecule has 3 amide bonds. The maximum Gasteiger partial charge on any atom is 0.422 e. The van der Waals surface area contributed by atoms with Gasteiger partial charge in [-0.3, -0.25) is 10.2 Å². The monoisotopic (exact) mass is 609 g/mol. The maximum atomic E-state index is 13.4. The van der Waals surface area contributed by atoms with Crippen LogP contribution in [0, 0.1) is 5.92 Å². The average molecular weight is 610 g/mol.